The summed E-state index contributed by atoms with van der Waals surface area (Å²) in [5, 5.41) is 2.45. The Morgan fingerprint density at radius 1 is 0.949 bits per heavy atom. The molecule has 3 rings (SSSR count). The van der Waals surface area contributed by atoms with Crippen molar-refractivity contribution in [1.82, 2.24) is 10.2 Å². The molecule has 0 unspecified atom stereocenters. The largest absolute Gasteiger partial charge is 0.350 e. The number of sulfonamides is 1. The number of nitrogens with one attached hydrogen (secondary N) is 1. The SMILES string of the molecule is C[C@@H](C(=O)NC(C)(C)C)N(Cc1ccccc1F)C(=O)CN(c1ccc(F)c(Cl)c1)S(=O)(=O)c1ccccc1. The van der Waals surface area contributed by atoms with Crippen molar-refractivity contribution in [3.05, 3.63) is 95.0 Å². The Bertz CT molecular complexity index is 1450. The van der Waals surface area contributed by atoms with Crippen molar-refractivity contribution >= 4 is 39.1 Å². The van der Waals surface area contributed by atoms with Gasteiger partial charge in [0, 0.05) is 17.6 Å². The molecular weight excluding hydrogens is 548 g/mol. The van der Waals surface area contributed by atoms with Crippen molar-refractivity contribution < 1.29 is 26.8 Å². The van der Waals surface area contributed by atoms with E-state index in [0.29, 0.717) is 0 Å². The predicted octanol–water partition coefficient (Wildman–Crippen LogP) is 5.15. The highest BCUT2D eigenvalue weighted by Crippen LogP contribution is 2.28. The van der Waals surface area contributed by atoms with Crippen LogP contribution in [0.1, 0.15) is 33.3 Å². The van der Waals surface area contributed by atoms with Crippen LogP contribution in [0, 0.1) is 11.6 Å². The molecule has 0 aliphatic carbocycles. The highest BCUT2D eigenvalue weighted by atomic mass is 35.5. The lowest BCUT2D eigenvalue weighted by atomic mass is 10.1. The Morgan fingerprint density at radius 2 is 1.56 bits per heavy atom. The van der Waals surface area contributed by atoms with Gasteiger partial charge in [0.2, 0.25) is 11.8 Å². The third-order valence-corrected chi connectivity index (χ3v) is 7.84. The Balaban J connectivity index is 2.06. The molecule has 0 aliphatic rings. The van der Waals surface area contributed by atoms with Gasteiger partial charge in [-0.15, -0.1) is 0 Å². The molecule has 0 aromatic heterocycles. The van der Waals surface area contributed by atoms with E-state index in [1.54, 1.807) is 32.9 Å². The van der Waals surface area contributed by atoms with Crippen LogP contribution in [0.15, 0.2) is 77.7 Å². The Hall–Kier alpha value is -3.50. The lowest BCUT2D eigenvalue weighted by Gasteiger charge is -2.33. The van der Waals surface area contributed by atoms with Crippen LogP contribution < -0.4 is 9.62 Å². The van der Waals surface area contributed by atoms with Gasteiger partial charge >= 0.3 is 0 Å². The van der Waals surface area contributed by atoms with Gasteiger partial charge in [-0.3, -0.25) is 13.9 Å². The number of hydrogen-bond donors (Lipinski definition) is 1. The third-order valence-electron chi connectivity index (χ3n) is 5.77. The molecule has 7 nitrogen and oxygen atoms in total. The molecule has 2 amide bonds. The van der Waals surface area contributed by atoms with Gasteiger partial charge in [0.25, 0.3) is 10.0 Å². The normalized spacial score (nSPS) is 12.5. The third kappa shape index (κ3) is 7.54. The second-order valence-corrected chi connectivity index (χ2v) is 12.2. The maximum atomic E-state index is 14.6. The first-order valence-electron chi connectivity index (χ1n) is 12.1. The van der Waals surface area contributed by atoms with Crippen LogP contribution in [0.3, 0.4) is 0 Å². The van der Waals surface area contributed by atoms with Crippen LogP contribution in [0.25, 0.3) is 0 Å². The van der Waals surface area contributed by atoms with Crippen molar-refractivity contribution in [1.29, 1.82) is 0 Å². The molecule has 0 spiro atoms. The lowest BCUT2D eigenvalue weighted by Crippen LogP contribution is -2.54. The van der Waals surface area contributed by atoms with Crippen LogP contribution in [0.5, 0.6) is 0 Å². The predicted molar refractivity (Wildman–Crippen MR) is 147 cm³/mol. The van der Waals surface area contributed by atoms with Crippen molar-refractivity contribution in [2.75, 3.05) is 10.8 Å². The van der Waals surface area contributed by atoms with Gasteiger partial charge in [-0.25, -0.2) is 17.2 Å². The topological polar surface area (TPSA) is 86.8 Å². The molecule has 0 radical (unpaired) electrons. The number of nitrogens with zero attached hydrogens (tertiary/aromatic N) is 2. The van der Waals surface area contributed by atoms with Crippen molar-refractivity contribution in [2.24, 2.45) is 0 Å². The molecule has 0 heterocycles. The van der Waals surface area contributed by atoms with Crippen LogP contribution in [-0.4, -0.2) is 43.3 Å². The molecule has 3 aromatic carbocycles. The first-order chi connectivity index (χ1) is 18.2. The molecule has 0 saturated carbocycles. The van der Waals surface area contributed by atoms with Gasteiger partial charge in [-0.05, 0) is 64.1 Å². The van der Waals surface area contributed by atoms with E-state index in [2.05, 4.69) is 5.32 Å². The Kier molecular flexibility index (Phi) is 9.34. The van der Waals surface area contributed by atoms with E-state index < -0.39 is 51.6 Å². The molecule has 1 atom stereocenters. The minimum atomic E-state index is -4.34. The van der Waals surface area contributed by atoms with E-state index in [0.717, 1.165) is 21.3 Å². The van der Waals surface area contributed by atoms with E-state index in [1.807, 2.05) is 0 Å². The van der Waals surface area contributed by atoms with E-state index in [-0.39, 0.29) is 27.7 Å². The first kappa shape index (κ1) is 30.0. The van der Waals surface area contributed by atoms with E-state index in [4.69, 9.17) is 11.6 Å². The maximum absolute atomic E-state index is 14.6. The summed E-state index contributed by atoms with van der Waals surface area (Å²) >= 11 is 5.94. The van der Waals surface area contributed by atoms with Crippen LogP contribution in [0.4, 0.5) is 14.5 Å². The average molecular weight is 578 g/mol. The number of rotatable bonds is 9. The number of amides is 2. The smallest absolute Gasteiger partial charge is 0.264 e. The zero-order chi connectivity index (χ0) is 29.0. The van der Waals surface area contributed by atoms with Gasteiger partial charge < -0.3 is 10.2 Å². The molecule has 208 valence electrons. The Morgan fingerprint density at radius 3 is 2.15 bits per heavy atom. The summed E-state index contributed by atoms with van der Waals surface area (Å²) in [7, 11) is -4.34. The molecule has 39 heavy (non-hydrogen) atoms. The standard InChI is InChI=1S/C28H30ClF2N3O4S/c1-19(27(36)32-28(2,3)4)33(17-20-10-8-9-13-24(20)30)26(35)18-34(21-14-15-25(31)23(29)16-21)39(37,38)22-11-6-5-7-12-22/h5-16,19H,17-18H2,1-4H3,(H,32,36)/t19-/m0/s1. The van der Waals surface area contributed by atoms with Gasteiger partial charge in [0.1, 0.15) is 24.2 Å². The molecule has 1 N–H and O–H groups in total. The van der Waals surface area contributed by atoms with Crippen molar-refractivity contribution in [3.8, 4) is 0 Å². The van der Waals surface area contributed by atoms with Gasteiger partial charge in [-0.1, -0.05) is 48.0 Å². The van der Waals surface area contributed by atoms with E-state index >= 15 is 0 Å². The fourth-order valence-electron chi connectivity index (χ4n) is 3.76. The second kappa shape index (κ2) is 12.1. The van der Waals surface area contributed by atoms with Crippen LogP contribution >= 0.6 is 11.6 Å². The summed E-state index contributed by atoms with van der Waals surface area (Å²) in [6, 6.07) is 15.4. The number of benzene rings is 3. The van der Waals surface area contributed by atoms with Crippen molar-refractivity contribution in [3.63, 3.8) is 0 Å². The Labute approximate surface area is 232 Å². The molecule has 0 aliphatic heterocycles. The number of hydrogen-bond acceptors (Lipinski definition) is 4. The molecule has 0 fully saturated rings. The fourth-order valence-corrected chi connectivity index (χ4v) is 5.36. The zero-order valence-electron chi connectivity index (χ0n) is 22.0. The molecular formula is C28H30ClF2N3O4S. The van der Waals surface area contributed by atoms with Crippen LogP contribution in [-0.2, 0) is 26.2 Å². The summed E-state index contributed by atoms with van der Waals surface area (Å²) in [6.45, 7) is 5.73. The van der Waals surface area contributed by atoms with Gasteiger partial charge in [0.05, 0.1) is 15.6 Å². The molecule has 11 heteroatoms. The minimum absolute atomic E-state index is 0.0590. The fraction of sp³-hybridized carbons (Fsp3) is 0.286. The summed E-state index contributed by atoms with van der Waals surface area (Å²) in [5.41, 5.74) is -0.536. The summed E-state index contributed by atoms with van der Waals surface area (Å²) in [4.78, 5) is 27.8. The number of carbonyl (C=O) groups is 2. The van der Waals surface area contributed by atoms with E-state index in [9.17, 15) is 26.8 Å². The number of halogens is 3. The number of anilines is 1. The minimum Gasteiger partial charge on any atom is -0.350 e. The highest BCUT2D eigenvalue weighted by Gasteiger charge is 2.33. The van der Waals surface area contributed by atoms with Crippen molar-refractivity contribution in [2.45, 2.75) is 50.7 Å². The van der Waals surface area contributed by atoms with E-state index in [1.165, 1.54) is 55.5 Å². The van der Waals surface area contributed by atoms with Crippen LogP contribution in [0.2, 0.25) is 5.02 Å². The quantitative estimate of drug-likeness (QED) is 0.381. The lowest BCUT2D eigenvalue weighted by molar-refractivity contribution is -0.140. The maximum Gasteiger partial charge on any atom is 0.264 e. The van der Waals surface area contributed by atoms with Gasteiger partial charge in [-0.2, -0.15) is 0 Å². The van der Waals surface area contributed by atoms with Gasteiger partial charge in [0.15, 0.2) is 0 Å². The average Bonchev–Trinajstić information content (AvgIpc) is 2.87. The summed E-state index contributed by atoms with van der Waals surface area (Å²) in [6.07, 6.45) is 0. The summed E-state index contributed by atoms with van der Waals surface area (Å²) < 4.78 is 56.6. The first-order valence-corrected chi connectivity index (χ1v) is 13.9. The zero-order valence-corrected chi connectivity index (χ0v) is 23.6. The molecule has 3 aromatic rings. The molecule has 0 bridgehead atoms. The monoisotopic (exact) mass is 577 g/mol. The molecule has 0 saturated heterocycles. The number of carbonyl (C=O) groups excluding carboxylic acids is 2. The summed E-state index contributed by atoms with van der Waals surface area (Å²) in [5.74, 6) is -2.64. The second-order valence-electron chi connectivity index (χ2n) is 9.95. The highest BCUT2D eigenvalue weighted by molar-refractivity contribution is 7.92.